The number of H-pyrrole nitrogens is 4. The zero-order valence-electron chi connectivity index (χ0n) is 37.5. The van der Waals surface area contributed by atoms with Crippen LogP contribution in [-0.2, 0) is 22.6 Å². The maximum Gasteiger partial charge on any atom is 0.216 e. The number of nitrogens with zero attached hydrogens (tertiary/aromatic N) is 4. The zero-order chi connectivity index (χ0) is 47.7. The lowest BCUT2D eigenvalue weighted by atomic mass is 9.97. The minimum atomic E-state index is -0.883. The summed E-state index contributed by atoms with van der Waals surface area (Å²) in [5.41, 5.74) is 5.58. The number of aromatic nitrogens is 6. The Morgan fingerprint density at radius 3 is 1.56 bits per heavy atom. The molecule has 14 rings (SSSR count). The molecule has 0 unspecified atom stereocenters. The van der Waals surface area contributed by atoms with Crippen molar-refractivity contribution in [3.05, 3.63) is 116 Å². The van der Waals surface area contributed by atoms with Crippen LogP contribution in [0.1, 0.15) is 54.3 Å². The molecule has 4 N–H and O–H groups in total. The van der Waals surface area contributed by atoms with E-state index in [2.05, 4.69) is 34.3 Å². The molecular formula is C52H42F2N8O8. The molecule has 4 aromatic carbocycles. The molecule has 352 valence electrons. The molecule has 2 aliphatic heterocycles. The number of benzene rings is 4. The van der Waals surface area contributed by atoms with Crippen molar-refractivity contribution in [2.75, 3.05) is 65.7 Å². The highest BCUT2D eigenvalue weighted by molar-refractivity contribution is 6.42. The number of rotatable bonds is 6. The molecule has 2 saturated heterocycles. The standard InChI is InChI=1S/2C26H21FN4O4/c27-15-9-14-17(10-18(15)32)31(4-3-30-5-7-35-8-6-30)26-22(14)24-20(34)11-19(33)23(24)21-13-1-2-28-12-16(13)29-25(21)26;27-15-9-14-16(10-18(15)32)29-25-21(14)23-19(33)11-20(34)24(23)22-13-1-2-28-12-17(13)31(26(22)25)4-3-30-5-7-35-8-6-30/h2*1-2,9-10,12,28-29H,3-8,11H2. The average Bonchev–Trinajstić information content (AvgIpc) is 4.20. The van der Waals surface area contributed by atoms with E-state index in [0.717, 1.165) is 65.4 Å². The Morgan fingerprint density at radius 2 is 0.957 bits per heavy atom. The highest BCUT2D eigenvalue weighted by atomic mass is 19.1. The fraction of sp³-hybridized carbons (Fsp3) is 0.269. The Morgan fingerprint density at radius 1 is 0.486 bits per heavy atom. The summed E-state index contributed by atoms with van der Waals surface area (Å²) in [5, 5.41) is 5.10. The van der Waals surface area contributed by atoms with Crippen LogP contribution in [0.2, 0.25) is 0 Å². The number of ketones is 4. The van der Waals surface area contributed by atoms with Gasteiger partial charge in [0.2, 0.25) is 10.9 Å². The Labute approximate surface area is 392 Å². The Hall–Kier alpha value is -7.64. The van der Waals surface area contributed by atoms with E-state index in [1.54, 1.807) is 12.4 Å². The van der Waals surface area contributed by atoms with E-state index < -0.39 is 22.5 Å². The van der Waals surface area contributed by atoms with Gasteiger partial charge in [-0.2, -0.15) is 0 Å². The first-order valence-corrected chi connectivity index (χ1v) is 23.4. The van der Waals surface area contributed by atoms with Crippen molar-refractivity contribution in [2.24, 2.45) is 0 Å². The molecule has 10 aromatic rings. The van der Waals surface area contributed by atoms with Crippen LogP contribution in [-0.4, -0.2) is 128 Å². The van der Waals surface area contributed by atoms with E-state index in [-0.39, 0.29) is 36.0 Å². The molecule has 0 atom stereocenters. The molecular weight excluding hydrogens is 903 g/mol. The van der Waals surface area contributed by atoms with Crippen LogP contribution in [0.25, 0.3) is 87.2 Å². The van der Waals surface area contributed by atoms with Gasteiger partial charge in [-0.25, -0.2) is 8.78 Å². The van der Waals surface area contributed by atoms with Gasteiger partial charge >= 0.3 is 0 Å². The number of carbonyl (C=O) groups excluding carboxylic acids is 4. The number of halogens is 2. The molecule has 0 amide bonds. The first-order chi connectivity index (χ1) is 34.0. The minimum Gasteiger partial charge on any atom is -0.379 e. The summed E-state index contributed by atoms with van der Waals surface area (Å²) in [6.45, 7) is 8.67. The van der Waals surface area contributed by atoms with Gasteiger partial charge in [0.15, 0.2) is 34.8 Å². The maximum absolute atomic E-state index is 14.6. The summed E-state index contributed by atoms with van der Waals surface area (Å²) in [5.74, 6) is -2.77. The van der Waals surface area contributed by atoms with Crippen molar-refractivity contribution >= 4 is 110 Å². The van der Waals surface area contributed by atoms with Gasteiger partial charge in [-0.3, -0.25) is 38.6 Å². The van der Waals surface area contributed by atoms with Crippen LogP contribution in [0.4, 0.5) is 8.78 Å². The van der Waals surface area contributed by atoms with Gasteiger partial charge in [0.25, 0.3) is 0 Å². The summed E-state index contributed by atoms with van der Waals surface area (Å²) in [4.78, 5) is 94.5. The van der Waals surface area contributed by atoms with Crippen LogP contribution in [0.15, 0.2) is 70.8 Å². The normalized spacial score (nSPS) is 16.9. The SMILES string of the molecule is O=C1CC(=O)c2c1c1c3cc(F)c(=O)cc3[nH]c1c1c2c2cc[nH]cc2n1CCN1CCOCC1.O=C1CC(=O)c2c1c1c3cc[nH]cc3[nH]c1c1c2c2cc(F)c(=O)cc2n1CCN1CCOCC1. The van der Waals surface area contributed by atoms with Crippen molar-refractivity contribution in [1.82, 2.24) is 38.9 Å². The number of Topliss-reactive ketones (excluding diaryl/α,β-unsaturated/α-hetero) is 4. The predicted octanol–water partition coefficient (Wildman–Crippen LogP) is 6.72. The third kappa shape index (κ3) is 6.26. The summed E-state index contributed by atoms with van der Waals surface area (Å²) >= 11 is 0. The number of hydrogen-bond acceptors (Lipinski definition) is 10. The second-order valence-corrected chi connectivity index (χ2v) is 18.5. The lowest BCUT2D eigenvalue weighted by Gasteiger charge is -2.27. The van der Waals surface area contributed by atoms with Crippen molar-refractivity contribution in [1.29, 1.82) is 0 Å². The lowest BCUT2D eigenvalue weighted by molar-refractivity contribution is 0.0366. The number of aromatic amines is 4. The molecule has 16 nitrogen and oxygen atoms in total. The molecule has 0 bridgehead atoms. The number of nitrogens with one attached hydrogen (secondary N) is 4. The number of hydrogen-bond donors (Lipinski definition) is 4. The van der Waals surface area contributed by atoms with E-state index in [0.29, 0.717) is 123 Å². The second kappa shape index (κ2) is 16.0. The maximum atomic E-state index is 14.6. The molecule has 0 saturated carbocycles. The fourth-order valence-corrected chi connectivity index (χ4v) is 11.6. The smallest absolute Gasteiger partial charge is 0.216 e. The van der Waals surface area contributed by atoms with Crippen LogP contribution in [0.5, 0.6) is 0 Å². The largest absolute Gasteiger partial charge is 0.379 e. The van der Waals surface area contributed by atoms with Crippen LogP contribution < -0.4 is 10.9 Å². The number of pyridine rings is 2. The molecule has 6 aromatic heterocycles. The third-order valence-corrected chi connectivity index (χ3v) is 14.7. The molecule has 2 fully saturated rings. The van der Waals surface area contributed by atoms with Gasteiger partial charge in [-0.15, -0.1) is 0 Å². The summed E-state index contributed by atoms with van der Waals surface area (Å²) in [6.07, 6.45) is 6.86. The van der Waals surface area contributed by atoms with Gasteiger partial charge < -0.3 is 38.5 Å². The highest BCUT2D eigenvalue weighted by Crippen LogP contribution is 2.46. The summed E-state index contributed by atoms with van der Waals surface area (Å²) in [6, 6.07) is 8.71. The van der Waals surface area contributed by atoms with Crippen molar-refractivity contribution < 1.29 is 37.4 Å². The van der Waals surface area contributed by atoms with Gasteiger partial charge in [-0.1, -0.05) is 0 Å². The van der Waals surface area contributed by atoms with Gasteiger partial charge in [0.1, 0.15) is 0 Å². The number of carbonyl (C=O) groups is 4. The van der Waals surface area contributed by atoms with Crippen LogP contribution in [0.3, 0.4) is 0 Å². The average molecular weight is 945 g/mol. The molecule has 8 heterocycles. The second-order valence-electron chi connectivity index (χ2n) is 18.5. The predicted molar refractivity (Wildman–Crippen MR) is 260 cm³/mol. The first-order valence-electron chi connectivity index (χ1n) is 23.4. The van der Waals surface area contributed by atoms with E-state index >= 15 is 0 Å². The quantitative estimate of drug-likeness (QED) is 0.130. The zero-order valence-corrected chi connectivity index (χ0v) is 37.5. The summed E-state index contributed by atoms with van der Waals surface area (Å²) in [7, 11) is 0. The number of fused-ring (bicyclic) bond motifs is 20. The third-order valence-electron chi connectivity index (χ3n) is 14.7. The monoisotopic (exact) mass is 944 g/mol. The van der Waals surface area contributed by atoms with Crippen molar-refractivity contribution in [2.45, 2.75) is 25.9 Å². The van der Waals surface area contributed by atoms with E-state index in [1.165, 1.54) is 24.3 Å². The molecule has 4 aliphatic rings. The molecule has 70 heavy (non-hydrogen) atoms. The van der Waals surface area contributed by atoms with E-state index in [9.17, 15) is 37.5 Å². The topological polar surface area (TPSA) is 200 Å². The minimum absolute atomic E-state index is 0.211. The molecule has 2 aliphatic carbocycles. The van der Waals surface area contributed by atoms with Gasteiger partial charge in [0.05, 0.1) is 83.4 Å². The van der Waals surface area contributed by atoms with Crippen molar-refractivity contribution in [3.8, 4) is 0 Å². The lowest BCUT2D eigenvalue weighted by Crippen LogP contribution is -2.38. The Bertz CT molecular complexity index is 4100. The number of ether oxygens (including phenoxy) is 2. The Balaban J connectivity index is 0.000000137. The van der Waals surface area contributed by atoms with Crippen molar-refractivity contribution in [3.63, 3.8) is 0 Å². The van der Waals surface area contributed by atoms with Gasteiger partial charge in [-0.05, 0) is 24.3 Å². The summed E-state index contributed by atoms with van der Waals surface area (Å²) < 4.78 is 44.0. The van der Waals surface area contributed by atoms with E-state index in [1.807, 2.05) is 29.1 Å². The molecule has 0 spiro atoms. The molecule has 0 radical (unpaired) electrons. The number of morpholine rings is 2. The Kier molecular flexibility index (Phi) is 9.68. The molecule has 18 heteroatoms. The van der Waals surface area contributed by atoms with Crippen LogP contribution >= 0.6 is 0 Å². The first kappa shape index (κ1) is 42.5. The van der Waals surface area contributed by atoms with Crippen LogP contribution in [0, 0.1) is 11.6 Å². The van der Waals surface area contributed by atoms with E-state index in [4.69, 9.17) is 9.47 Å². The highest BCUT2D eigenvalue weighted by Gasteiger charge is 2.38. The fourth-order valence-electron chi connectivity index (χ4n) is 11.6. The van der Waals surface area contributed by atoms with Gasteiger partial charge in [0, 0.05) is 155 Å².